The van der Waals surface area contributed by atoms with Crippen LogP contribution in [0.5, 0.6) is 0 Å². The smallest absolute Gasteiger partial charge is 0.293 e. The fourth-order valence-electron chi connectivity index (χ4n) is 1.95. The quantitative estimate of drug-likeness (QED) is 0.873. The normalized spacial score (nSPS) is 14.7. The Kier molecular flexibility index (Phi) is 2.88. The van der Waals surface area contributed by atoms with Gasteiger partial charge in [-0.25, -0.2) is 4.98 Å². The topological polar surface area (TPSA) is 60.1 Å². The predicted molar refractivity (Wildman–Crippen MR) is 67.7 cm³/mol. The van der Waals surface area contributed by atoms with E-state index in [1.165, 1.54) is 0 Å². The summed E-state index contributed by atoms with van der Waals surface area (Å²) in [5.41, 5.74) is -0.0283. The van der Waals surface area contributed by atoms with Crippen LogP contribution in [0.4, 0.5) is 5.82 Å². The second-order valence-electron chi connectivity index (χ2n) is 4.48. The number of anilines is 1. The van der Waals surface area contributed by atoms with Gasteiger partial charge in [0.25, 0.3) is 5.56 Å². The van der Waals surface area contributed by atoms with Crippen LogP contribution in [0, 0.1) is 0 Å². The van der Waals surface area contributed by atoms with E-state index in [0.29, 0.717) is 18.4 Å². The van der Waals surface area contributed by atoms with Crippen LogP contribution in [0.1, 0.15) is 24.6 Å². The van der Waals surface area contributed by atoms with Crippen molar-refractivity contribution in [2.45, 2.75) is 25.3 Å². The Labute approximate surface area is 104 Å². The number of nitrogens with one attached hydrogen (secondary N) is 1. The SMILES string of the molecule is O=c1c(NCCc2ccco2)nccn1C1CC1. The van der Waals surface area contributed by atoms with Gasteiger partial charge in [-0.15, -0.1) is 0 Å². The standard InChI is InChI=1S/C13H15N3O2/c17-13-12(14-6-5-11-2-1-9-18-11)15-7-8-16(13)10-3-4-10/h1-2,7-10H,3-6H2,(H,14,15). The zero-order chi connectivity index (χ0) is 12.4. The van der Waals surface area contributed by atoms with E-state index in [2.05, 4.69) is 10.3 Å². The molecule has 1 saturated carbocycles. The van der Waals surface area contributed by atoms with Gasteiger partial charge >= 0.3 is 0 Å². The molecular formula is C13H15N3O2. The van der Waals surface area contributed by atoms with Gasteiger partial charge in [0.05, 0.1) is 6.26 Å². The lowest BCUT2D eigenvalue weighted by Crippen LogP contribution is -2.24. The maximum absolute atomic E-state index is 12.1. The second-order valence-corrected chi connectivity index (χ2v) is 4.48. The van der Waals surface area contributed by atoms with Crippen LogP contribution >= 0.6 is 0 Å². The molecule has 2 heterocycles. The summed E-state index contributed by atoms with van der Waals surface area (Å²) < 4.78 is 7.00. The lowest BCUT2D eigenvalue weighted by atomic mass is 10.3. The molecule has 0 aliphatic heterocycles. The molecule has 1 fully saturated rings. The first-order valence-electron chi connectivity index (χ1n) is 6.18. The van der Waals surface area contributed by atoms with Crippen molar-refractivity contribution < 1.29 is 4.42 Å². The number of hydrogen-bond acceptors (Lipinski definition) is 4. The van der Waals surface area contributed by atoms with Crippen molar-refractivity contribution in [3.8, 4) is 0 Å². The highest BCUT2D eigenvalue weighted by molar-refractivity contribution is 5.31. The van der Waals surface area contributed by atoms with Crippen molar-refractivity contribution in [2.24, 2.45) is 0 Å². The van der Waals surface area contributed by atoms with Gasteiger partial charge in [0, 0.05) is 31.4 Å². The lowest BCUT2D eigenvalue weighted by Gasteiger charge is -2.07. The average Bonchev–Trinajstić information content (AvgIpc) is 3.09. The van der Waals surface area contributed by atoms with E-state index in [9.17, 15) is 4.79 Å². The van der Waals surface area contributed by atoms with E-state index < -0.39 is 0 Å². The molecule has 0 amide bonds. The maximum atomic E-state index is 12.1. The van der Waals surface area contributed by atoms with Gasteiger partial charge in [-0.1, -0.05) is 0 Å². The van der Waals surface area contributed by atoms with Crippen LogP contribution < -0.4 is 10.9 Å². The summed E-state index contributed by atoms with van der Waals surface area (Å²) in [4.78, 5) is 16.2. The van der Waals surface area contributed by atoms with Crippen LogP contribution in [0.2, 0.25) is 0 Å². The molecule has 0 radical (unpaired) electrons. The van der Waals surface area contributed by atoms with Gasteiger partial charge in [-0.2, -0.15) is 0 Å². The van der Waals surface area contributed by atoms with Crippen LogP contribution in [-0.4, -0.2) is 16.1 Å². The first-order valence-corrected chi connectivity index (χ1v) is 6.18. The van der Waals surface area contributed by atoms with Gasteiger partial charge in [0.15, 0.2) is 5.82 Å². The molecule has 0 atom stereocenters. The molecule has 0 spiro atoms. The zero-order valence-electron chi connectivity index (χ0n) is 10.0. The number of aromatic nitrogens is 2. The van der Waals surface area contributed by atoms with Crippen LogP contribution in [0.3, 0.4) is 0 Å². The Morgan fingerprint density at radius 3 is 3.11 bits per heavy atom. The fourth-order valence-corrected chi connectivity index (χ4v) is 1.95. The van der Waals surface area contributed by atoms with Crippen molar-refractivity contribution >= 4 is 5.82 Å². The molecule has 2 aromatic heterocycles. The Balaban J connectivity index is 1.65. The predicted octanol–water partition coefficient (Wildman–Crippen LogP) is 1.83. The molecule has 0 aromatic carbocycles. The highest BCUT2D eigenvalue weighted by Crippen LogP contribution is 2.33. The molecule has 18 heavy (non-hydrogen) atoms. The summed E-state index contributed by atoms with van der Waals surface area (Å²) in [7, 11) is 0. The number of furan rings is 1. The van der Waals surface area contributed by atoms with Crippen molar-refractivity contribution in [2.75, 3.05) is 11.9 Å². The second kappa shape index (κ2) is 4.68. The minimum atomic E-state index is -0.0283. The van der Waals surface area contributed by atoms with E-state index in [4.69, 9.17) is 4.42 Å². The molecule has 1 aliphatic rings. The lowest BCUT2D eigenvalue weighted by molar-refractivity contribution is 0.512. The van der Waals surface area contributed by atoms with E-state index >= 15 is 0 Å². The Morgan fingerprint density at radius 2 is 2.39 bits per heavy atom. The molecule has 0 bridgehead atoms. The summed E-state index contributed by atoms with van der Waals surface area (Å²) in [5.74, 6) is 1.33. The van der Waals surface area contributed by atoms with Crippen LogP contribution in [0.15, 0.2) is 40.0 Å². The summed E-state index contributed by atoms with van der Waals surface area (Å²) in [6, 6.07) is 4.16. The molecule has 1 aliphatic carbocycles. The molecule has 94 valence electrons. The summed E-state index contributed by atoms with van der Waals surface area (Å²) >= 11 is 0. The van der Waals surface area contributed by atoms with E-state index in [0.717, 1.165) is 25.0 Å². The van der Waals surface area contributed by atoms with Gasteiger partial charge in [-0.3, -0.25) is 4.79 Å². The van der Waals surface area contributed by atoms with Gasteiger partial charge in [0.2, 0.25) is 0 Å². The third-order valence-electron chi connectivity index (χ3n) is 3.05. The minimum absolute atomic E-state index is 0.0283. The van der Waals surface area contributed by atoms with Crippen LogP contribution in [-0.2, 0) is 6.42 Å². The average molecular weight is 245 g/mol. The molecular weight excluding hydrogens is 230 g/mol. The number of nitrogens with zero attached hydrogens (tertiary/aromatic N) is 2. The van der Waals surface area contributed by atoms with Gasteiger partial charge in [-0.05, 0) is 25.0 Å². The van der Waals surface area contributed by atoms with E-state index in [1.807, 2.05) is 12.1 Å². The Bertz CT molecular complexity index is 570. The summed E-state index contributed by atoms with van der Waals surface area (Å²) in [6.45, 7) is 0.643. The molecule has 0 unspecified atom stereocenters. The van der Waals surface area contributed by atoms with Crippen LogP contribution in [0.25, 0.3) is 0 Å². The zero-order valence-corrected chi connectivity index (χ0v) is 10.0. The molecule has 1 N–H and O–H groups in total. The highest BCUT2D eigenvalue weighted by Gasteiger charge is 2.25. The minimum Gasteiger partial charge on any atom is -0.469 e. The first-order chi connectivity index (χ1) is 8.84. The Hall–Kier alpha value is -2.04. The van der Waals surface area contributed by atoms with Crippen molar-refractivity contribution in [3.05, 3.63) is 46.9 Å². The molecule has 2 aromatic rings. The van der Waals surface area contributed by atoms with Crippen molar-refractivity contribution in [3.63, 3.8) is 0 Å². The summed E-state index contributed by atoms with van der Waals surface area (Å²) in [6.07, 6.45) is 8.01. The monoisotopic (exact) mass is 245 g/mol. The molecule has 0 saturated heterocycles. The first kappa shape index (κ1) is 11.1. The maximum Gasteiger partial charge on any atom is 0.293 e. The van der Waals surface area contributed by atoms with E-state index in [1.54, 1.807) is 23.2 Å². The van der Waals surface area contributed by atoms with Crippen molar-refractivity contribution in [1.82, 2.24) is 9.55 Å². The third kappa shape index (κ3) is 2.30. The molecule has 5 nitrogen and oxygen atoms in total. The van der Waals surface area contributed by atoms with Crippen molar-refractivity contribution in [1.29, 1.82) is 0 Å². The fraction of sp³-hybridized carbons (Fsp3) is 0.385. The van der Waals surface area contributed by atoms with Gasteiger partial charge < -0.3 is 14.3 Å². The Morgan fingerprint density at radius 1 is 1.50 bits per heavy atom. The van der Waals surface area contributed by atoms with E-state index in [-0.39, 0.29) is 5.56 Å². The molecule has 3 rings (SSSR count). The third-order valence-corrected chi connectivity index (χ3v) is 3.05. The number of rotatable bonds is 5. The van der Waals surface area contributed by atoms with Gasteiger partial charge in [0.1, 0.15) is 5.76 Å². The number of hydrogen-bond donors (Lipinski definition) is 1. The highest BCUT2D eigenvalue weighted by atomic mass is 16.3. The summed E-state index contributed by atoms with van der Waals surface area (Å²) in [5, 5.41) is 3.07. The molecule has 5 heteroatoms. The largest absolute Gasteiger partial charge is 0.469 e.